The minimum Gasteiger partial charge on any atom is -0.376 e. The molecule has 0 spiro atoms. The molecule has 1 saturated heterocycles. The lowest BCUT2D eigenvalue weighted by atomic mass is 10.1. The monoisotopic (exact) mass is 309 g/mol. The highest BCUT2D eigenvalue weighted by atomic mass is 32.2. The second kappa shape index (κ2) is 7.31. The lowest BCUT2D eigenvalue weighted by Crippen LogP contribution is -2.26. The lowest BCUT2D eigenvalue weighted by Gasteiger charge is -2.23. The van der Waals surface area contributed by atoms with Crippen LogP contribution < -0.4 is 10.6 Å². The summed E-state index contributed by atoms with van der Waals surface area (Å²) in [5.41, 5.74) is 0.752. The molecule has 0 radical (unpaired) electrons. The van der Waals surface area contributed by atoms with Gasteiger partial charge >= 0.3 is 0 Å². The van der Waals surface area contributed by atoms with Gasteiger partial charge in [0.2, 0.25) is 0 Å². The molecule has 2 N–H and O–H groups in total. The number of hydrogen-bond donors (Lipinski definition) is 2. The van der Waals surface area contributed by atoms with Crippen molar-refractivity contribution in [2.45, 2.75) is 25.8 Å². The fourth-order valence-electron chi connectivity index (χ4n) is 2.28. The number of thioether (sulfide) groups is 1. The fraction of sp³-hybridized carbons (Fsp3) is 0.500. The van der Waals surface area contributed by atoms with E-state index in [4.69, 9.17) is 0 Å². The third kappa shape index (κ3) is 4.10. The molecular formula is C14H19N3O3S. The van der Waals surface area contributed by atoms with E-state index in [0.29, 0.717) is 17.8 Å². The Morgan fingerprint density at radius 2 is 2.33 bits per heavy atom. The van der Waals surface area contributed by atoms with Gasteiger partial charge in [-0.1, -0.05) is 0 Å². The van der Waals surface area contributed by atoms with Gasteiger partial charge < -0.3 is 10.6 Å². The van der Waals surface area contributed by atoms with Crippen molar-refractivity contribution >= 4 is 29.0 Å². The summed E-state index contributed by atoms with van der Waals surface area (Å²) in [6.07, 6.45) is 2.13. The van der Waals surface area contributed by atoms with Crippen molar-refractivity contribution in [3.05, 3.63) is 33.9 Å². The molecule has 1 heterocycles. The third-order valence-electron chi connectivity index (χ3n) is 3.31. The standard InChI is InChI=1S/C14H19N3O3S/c1-2-15-14(18)10-5-6-12(13(8-10)17(19)20)16-11-4-3-7-21-9-11/h5-6,8,11,16H,2-4,7,9H2,1H3,(H,15,18). The lowest BCUT2D eigenvalue weighted by molar-refractivity contribution is -0.384. The molecule has 0 aliphatic carbocycles. The first-order chi connectivity index (χ1) is 10.1. The quantitative estimate of drug-likeness (QED) is 0.645. The van der Waals surface area contributed by atoms with Crippen LogP contribution >= 0.6 is 11.8 Å². The van der Waals surface area contributed by atoms with Crippen molar-refractivity contribution in [1.29, 1.82) is 0 Å². The molecule has 1 amide bonds. The van der Waals surface area contributed by atoms with Gasteiger partial charge in [-0.3, -0.25) is 14.9 Å². The number of carbonyl (C=O) groups is 1. The summed E-state index contributed by atoms with van der Waals surface area (Å²) in [7, 11) is 0. The Kier molecular flexibility index (Phi) is 5.44. The SMILES string of the molecule is CCNC(=O)c1ccc(NC2CCCSC2)c([N+](=O)[O-])c1. The molecule has 0 aromatic heterocycles. The molecule has 0 bridgehead atoms. The zero-order valence-electron chi connectivity index (χ0n) is 11.9. The summed E-state index contributed by atoms with van der Waals surface area (Å²) in [5.74, 6) is 1.81. The first-order valence-corrected chi connectivity index (χ1v) is 8.18. The van der Waals surface area contributed by atoms with Gasteiger partial charge in [0, 0.05) is 30.0 Å². The molecule has 1 atom stereocenters. The van der Waals surface area contributed by atoms with Crippen molar-refractivity contribution in [2.24, 2.45) is 0 Å². The average molecular weight is 309 g/mol. The summed E-state index contributed by atoms with van der Waals surface area (Å²) in [6.45, 7) is 2.30. The first kappa shape index (κ1) is 15.6. The molecule has 0 saturated carbocycles. The normalized spacial score (nSPS) is 18.0. The average Bonchev–Trinajstić information content (AvgIpc) is 2.48. The highest BCUT2D eigenvalue weighted by molar-refractivity contribution is 7.99. The summed E-state index contributed by atoms with van der Waals surface area (Å²) in [4.78, 5) is 22.5. The van der Waals surface area contributed by atoms with Crippen LogP contribution in [0.15, 0.2) is 18.2 Å². The van der Waals surface area contributed by atoms with Crippen LogP contribution in [0.4, 0.5) is 11.4 Å². The summed E-state index contributed by atoms with van der Waals surface area (Å²) in [5, 5.41) is 17.1. The number of anilines is 1. The second-order valence-corrected chi connectivity index (χ2v) is 6.06. The third-order valence-corrected chi connectivity index (χ3v) is 4.53. The molecule has 1 fully saturated rings. The van der Waals surface area contributed by atoms with Crippen LogP contribution in [0.2, 0.25) is 0 Å². The van der Waals surface area contributed by atoms with Gasteiger partial charge in [0.05, 0.1) is 4.92 Å². The molecular weight excluding hydrogens is 290 g/mol. The Labute approximate surface area is 127 Å². The fourth-order valence-corrected chi connectivity index (χ4v) is 3.36. The van der Waals surface area contributed by atoms with Crippen LogP contribution in [-0.2, 0) is 0 Å². The van der Waals surface area contributed by atoms with Crippen molar-refractivity contribution in [3.8, 4) is 0 Å². The Morgan fingerprint density at radius 1 is 1.52 bits per heavy atom. The van der Waals surface area contributed by atoms with E-state index in [-0.39, 0.29) is 17.6 Å². The van der Waals surface area contributed by atoms with E-state index >= 15 is 0 Å². The number of carbonyl (C=O) groups excluding carboxylic acids is 1. The van der Waals surface area contributed by atoms with Gasteiger partial charge in [0.1, 0.15) is 5.69 Å². The Morgan fingerprint density at radius 3 is 2.95 bits per heavy atom. The van der Waals surface area contributed by atoms with Crippen molar-refractivity contribution in [3.63, 3.8) is 0 Å². The number of nitrogens with zero attached hydrogens (tertiary/aromatic N) is 1. The van der Waals surface area contributed by atoms with E-state index in [1.807, 2.05) is 18.7 Å². The number of hydrogen-bond acceptors (Lipinski definition) is 5. The van der Waals surface area contributed by atoms with E-state index in [1.165, 1.54) is 6.07 Å². The van der Waals surface area contributed by atoms with Crippen LogP contribution in [0.25, 0.3) is 0 Å². The van der Waals surface area contributed by atoms with Crippen LogP contribution in [0.1, 0.15) is 30.1 Å². The molecule has 1 aromatic carbocycles. The van der Waals surface area contributed by atoms with Gasteiger partial charge in [0.25, 0.3) is 11.6 Å². The molecule has 1 aliphatic heterocycles. The molecule has 6 nitrogen and oxygen atoms in total. The molecule has 21 heavy (non-hydrogen) atoms. The topological polar surface area (TPSA) is 84.3 Å². The maximum atomic E-state index is 11.8. The van der Waals surface area contributed by atoms with E-state index < -0.39 is 4.92 Å². The number of benzene rings is 1. The predicted octanol–water partition coefficient (Wildman–Crippen LogP) is 2.65. The van der Waals surface area contributed by atoms with Gasteiger partial charge in [-0.05, 0) is 37.7 Å². The maximum Gasteiger partial charge on any atom is 0.293 e. The number of rotatable bonds is 5. The Balaban J connectivity index is 2.20. The maximum absolute atomic E-state index is 11.8. The summed E-state index contributed by atoms with van der Waals surface area (Å²) >= 11 is 1.85. The zero-order valence-corrected chi connectivity index (χ0v) is 12.7. The minimum absolute atomic E-state index is 0.0469. The van der Waals surface area contributed by atoms with Crippen LogP contribution in [0, 0.1) is 10.1 Å². The molecule has 1 aromatic rings. The van der Waals surface area contributed by atoms with Crippen molar-refractivity contribution < 1.29 is 9.72 Å². The van der Waals surface area contributed by atoms with Gasteiger partial charge in [-0.15, -0.1) is 0 Å². The first-order valence-electron chi connectivity index (χ1n) is 7.02. The Hall–Kier alpha value is -1.76. The molecule has 7 heteroatoms. The molecule has 114 valence electrons. The minimum atomic E-state index is -0.443. The van der Waals surface area contributed by atoms with Crippen LogP contribution in [0.5, 0.6) is 0 Å². The number of amides is 1. The van der Waals surface area contributed by atoms with E-state index in [2.05, 4.69) is 10.6 Å². The van der Waals surface area contributed by atoms with Crippen molar-refractivity contribution in [1.82, 2.24) is 5.32 Å². The van der Waals surface area contributed by atoms with Gasteiger partial charge in [0.15, 0.2) is 0 Å². The Bertz CT molecular complexity index is 530. The van der Waals surface area contributed by atoms with E-state index in [0.717, 1.165) is 24.3 Å². The number of nitro groups is 1. The predicted molar refractivity (Wildman–Crippen MR) is 85.1 cm³/mol. The highest BCUT2D eigenvalue weighted by Gasteiger charge is 2.21. The number of nitrogens with one attached hydrogen (secondary N) is 2. The van der Waals surface area contributed by atoms with Crippen LogP contribution in [0.3, 0.4) is 0 Å². The highest BCUT2D eigenvalue weighted by Crippen LogP contribution is 2.29. The molecule has 1 unspecified atom stereocenters. The molecule has 2 rings (SSSR count). The second-order valence-electron chi connectivity index (χ2n) is 4.91. The van der Waals surface area contributed by atoms with Crippen LogP contribution in [-0.4, -0.2) is 34.9 Å². The largest absolute Gasteiger partial charge is 0.376 e. The zero-order chi connectivity index (χ0) is 15.2. The van der Waals surface area contributed by atoms with Gasteiger partial charge in [-0.25, -0.2) is 0 Å². The van der Waals surface area contributed by atoms with Crippen molar-refractivity contribution in [2.75, 3.05) is 23.4 Å². The van der Waals surface area contributed by atoms with Gasteiger partial charge in [-0.2, -0.15) is 11.8 Å². The van der Waals surface area contributed by atoms with E-state index in [1.54, 1.807) is 12.1 Å². The smallest absolute Gasteiger partial charge is 0.293 e. The number of nitro benzene ring substituents is 1. The van der Waals surface area contributed by atoms with E-state index in [9.17, 15) is 14.9 Å². The summed E-state index contributed by atoms with van der Waals surface area (Å²) < 4.78 is 0. The molecule has 1 aliphatic rings. The summed E-state index contributed by atoms with van der Waals surface area (Å²) in [6, 6.07) is 4.83.